The van der Waals surface area contributed by atoms with Crippen molar-refractivity contribution in [1.29, 1.82) is 0 Å². The number of rotatable bonds is 3. The van der Waals surface area contributed by atoms with E-state index in [4.69, 9.17) is 4.42 Å². The molecule has 3 rings (SSSR count). The van der Waals surface area contributed by atoms with Crippen LogP contribution in [0.4, 0.5) is 15.8 Å². The number of anilines is 2. The molecular weight excluding hydrogens is 259 g/mol. The summed E-state index contributed by atoms with van der Waals surface area (Å²) in [6.07, 6.45) is 4.19. The van der Waals surface area contributed by atoms with Crippen molar-refractivity contribution in [2.24, 2.45) is 0 Å². The Morgan fingerprint density at radius 3 is 3.00 bits per heavy atom. The van der Waals surface area contributed by atoms with Crippen LogP contribution in [0.25, 0.3) is 0 Å². The molecule has 1 atom stereocenters. The number of halogens is 1. The monoisotopic (exact) mass is 274 g/mol. The minimum atomic E-state index is -0.310. The molecule has 1 aliphatic rings. The highest BCUT2D eigenvalue weighted by atomic mass is 19.1. The Morgan fingerprint density at radius 2 is 2.25 bits per heavy atom. The highest BCUT2D eigenvalue weighted by Crippen LogP contribution is 2.30. The second-order valence-corrected chi connectivity index (χ2v) is 4.96. The molecule has 1 aromatic heterocycles. The zero-order valence-electron chi connectivity index (χ0n) is 11.1. The predicted molar refractivity (Wildman–Crippen MR) is 74.1 cm³/mol. The smallest absolute Gasteiger partial charge is 0.224 e. The van der Waals surface area contributed by atoms with E-state index in [9.17, 15) is 9.18 Å². The van der Waals surface area contributed by atoms with Crippen LogP contribution in [0.5, 0.6) is 0 Å². The highest BCUT2D eigenvalue weighted by molar-refractivity contribution is 5.94. The summed E-state index contributed by atoms with van der Waals surface area (Å²) in [5, 5.41) is 5.86. The van der Waals surface area contributed by atoms with E-state index in [1.54, 1.807) is 18.6 Å². The van der Waals surface area contributed by atoms with Gasteiger partial charge in [-0.25, -0.2) is 4.39 Å². The molecule has 0 radical (unpaired) electrons. The third-order valence-corrected chi connectivity index (χ3v) is 3.50. The van der Waals surface area contributed by atoms with Gasteiger partial charge in [0.05, 0.1) is 24.3 Å². The summed E-state index contributed by atoms with van der Waals surface area (Å²) in [4.78, 5) is 11.4. The molecule has 2 heterocycles. The van der Waals surface area contributed by atoms with Crippen LogP contribution in [0.1, 0.15) is 30.5 Å². The number of carbonyl (C=O) groups is 1. The van der Waals surface area contributed by atoms with Gasteiger partial charge in [-0.3, -0.25) is 4.79 Å². The number of fused-ring (bicyclic) bond motifs is 1. The quantitative estimate of drug-likeness (QED) is 0.901. The minimum Gasteiger partial charge on any atom is -0.472 e. The topological polar surface area (TPSA) is 54.3 Å². The first kappa shape index (κ1) is 12.7. The van der Waals surface area contributed by atoms with E-state index < -0.39 is 0 Å². The first-order valence-corrected chi connectivity index (χ1v) is 6.54. The molecule has 4 nitrogen and oxygen atoms in total. The van der Waals surface area contributed by atoms with Gasteiger partial charge in [-0.05, 0) is 37.1 Å². The Bertz CT molecular complexity index is 638. The van der Waals surface area contributed by atoms with Crippen LogP contribution in [-0.4, -0.2) is 5.91 Å². The van der Waals surface area contributed by atoms with E-state index in [1.165, 1.54) is 6.07 Å². The van der Waals surface area contributed by atoms with Crippen LogP contribution >= 0.6 is 0 Å². The summed E-state index contributed by atoms with van der Waals surface area (Å²) >= 11 is 0. The third-order valence-electron chi connectivity index (χ3n) is 3.50. The Kier molecular flexibility index (Phi) is 3.18. The number of amides is 1. The van der Waals surface area contributed by atoms with Crippen LogP contribution in [-0.2, 0) is 11.2 Å². The molecule has 0 bridgehead atoms. The normalized spacial score (nSPS) is 15.4. The molecular formula is C15H15FN2O2. The summed E-state index contributed by atoms with van der Waals surface area (Å²) in [5.74, 6) is -0.340. The highest BCUT2D eigenvalue weighted by Gasteiger charge is 2.18. The molecule has 1 aromatic carbocycles. The number of furan rings is 1. The average molecular weight is 274 g/mol. The minimum absolute atomic E-state index is 0.0297. The summed E-state index contributed by atoms with van der Waals surface area (Å²) in [7, 11) is 0. The van der Waals surface area contributed by atoms with Crippen LogP contribution in [0.2, 0.25) is 0 Å². The largest absolute Gasteiger partial charge is 0.472 e. The fourth-order valence-corrected chi connectivity index (χ4v) is 2.35. The van der Waals surface area contributed by atoms with Crippen molar-refractivity contribution in [2.45, 2.75) is 25.8 Å². The van der Waals surface area contributed by atoms with Gasteiger partial charge in [0, 0.05) is 17.7 Å². The van der Waals surface area contributed by atoms with Gasteiger partial charge in [0.1, 0.15) is 5.82 Å². The van der Waals surface area contributed by atoms with Crippen molar-refractivity contribution < 1.29 is 13.6 Å². The number of carbonyl (C=O) groups excluding carboxylic acids is 1. The Balaban J connectivity index is 1.86. The van der Waals surface area contributed by atoms with Gasteiger partial charge >= 0.3 is 0 Å². The Hall–Kier alpha value is -2.30. The fourth-order valence-electron chi connectivity index (χ4n) is 2.35. The lowest BCUT2D eigenvalue weighted by Crippen LogP contribution is -2.19. The second-order valence-electron chi connectivity index (χ2n) is 4.96. The number of hydrogen-bond acceptors (Lipinski definition) is 3. The van der Waals surface area contributed by atoms with Crippen LogP contribution in [0, 0.1) is 5.82 Å². The van der Waals surface area contributed by atoms with E-state index in [0.29, 0.717) is 24.2 Å². The van der Waals surface area contributed by atoms with Crippen molar-refractivity contribution in [2.75, 3.05) is 10.6 Å². The fraction of sp³-hybridized carbons (Fsp3) is 0.267. The van der Waals surface area contributed by atoms with Gasteiger partial charge in [0.2, 0.25) is 5.91 Å². The second kappa shape index (κ2) is 5.00. The lowest BCUT2D eigenvalue weighted by atomic mass is 10.0. The zero-order chi connectivity index (χ0) is 14.1. The van der Waals surface area contributed by atoms with Crippen molar-refractivity contribution >= 4 is 17.3 Å². The number of aryl methyl sites for hydroxylation is 1. The molecule has 0 spiro atoms. The van der Waals surface area contributed by atoms with Gasteiger partial charge in [0.25, 0.3) is 0 Å². The van der Waals surface area contributed by atoms with Crippen LogP contribution < -0.4 is 10.6 Å². The van der Waals surface area contributed by atoms with Gasteiger partial charge in [-0.2, -0.15) is 0 Å². The number of nitrogens with one attached hydrogen (secondary N) is 2. The summed E-state index contributed by atoms with van der Waals surface area (Å²) in [6, 6.07) is 4.88. The summed E-state index contributed by atoms with van der Waals surface area (Å²) < 4.78 is 19.1. The van der Waals surface area contributed by atoms with Crippen LogP contribution in [0.3, 0.4) is 0 Å². The molecule has 0 saturated carbocycles. The van der Waals surface area contributed by atoms with E-state index in [2.05, 4.69) is 10.6 Å². The molecule has 0 fully saturated rings. The van der Waals surface area contributed by atoms with Crippen molar-refractivity contribution in [1.82, 2.24) is 0 Å². The average Bonchev–Trinajstić information content (AvgIpc) is 2.94. The van der Waals surface area contributed by atoms with Gasteiger partial charge in [-0.15, -0.1) is 0 Å². The lowest BCUT2D eigenvalue weighted by Gasteiger charge is -2.20. The molecule has 0 aliphatic carbocycles. The first-order chi connectivity index (χ1) is 9.63. The third kappa shape index (κ3) is 2.39. The molecule has 104 valence electrons. The maximum Gasteiger partial charge on any atom is 0.224 e. The molecule has 1 aliphatic heterocycles. The standard InChI is InChI=1S/C15H15FN2O2/c1-9(11-4-5-20-8-11)17-14-7-13-10(6-12(14)16)2-3-15(19)18-13/h4-9,17H,2-3H2,1H3,(H,18,19). The number of hydrogen-bond donors (Lipinski definition) is 2. The molecule has 5 heteroatoms. The predicted octanol–water partition coefficient (Wildman–Crippen LogP) is 3.48. The summed E-state index contributed by atoms with van der Waals surface area (Å²) in [5.41, 5.74) is 2.83. The van der Waals surface area contributed by atoms with Crippen molar-refractivity contribution in [3.05, 3.63) is 47.7 Å². The number of benzene rings is 1. The van der Waals surface area contributed by atoms with Gasteiger partial charge in [-0.1, -0.05) is 0 Å². The first-order valence-electron chi connectivity index (χ1n) is 6.54. The Labute approximate surface area is 116 Å². The zero-order valence-corrected chi connectivity index (χ0v) is 11.1. The summed E-state index contributed by atoms with van der Waals surface area (Å²) in [6.45, 7) is 1.92. The van der Waals surface area contributed by atoms with E-state index >= 15 is 0 Å². The molecule has 2 N–H and O–H groups in total. The van der Waals surface area contributed by atoms with E-state index in [-0.39, 0.29) is 17.8 Å². The van der Waals surface area contributed by atoms with Gasteiger partial charge < -0.3 is 15.1 Å². The van der Waals surface area contributed by atoms with Crippen molar-refractivity contribution in [3.63, 3.8) is 0 Å². The lowest BCUT2D eigenvalue weighted by molar-refractivity contribution is -0.116. The maximum atomic E-state index is 14.1. The maximum absolute atomic E-state index is 14.1. The molecule has 1 amide bonds. The molecule has 1 unspecified atom stereocenters. The molecule has 20 heavy (non-hydrogen) atoms. The molecule has 2 aromatic rings. The SMILES string of the molecule is CC(Nc1cc2c(cc1F)CCC(=O)N2)c1ccoc1. The van der Waals surface area contributed by atoms with Crippen LogP contribution in [0.15, 0.2) is 35.1 Å². The Morgan fingerprint density at radius 1 is 1.40 bits per heavy atom. The van der Waals surface area contributed by atoms with E-state index in [0.717, 1.165) is 11.1 Å². The molecule has 0 saturated heterocycles. The van der Waals surface area contributed by atoms with Gasteiger partial charge in [0.15, 0.2) is 0 Å². The van der Waals surface area contributed by atoms with Crippen molar-refractivity contribution in [3.8, 4) is 0 Å². The van der Waals surface area contributed by atoms with E-state index in [1.807, 2.05) is 13.0 Å².